The third-order valence-electron chi connectivity index (χ3n) is 3.42. The number of pyridine rings is 1. The number of guanidine groups is 1. The number of aromatic nitrogens is 1. The van der Waals surface area contributed by atoms with Crippen molar-refractivity contribution in [3.8, 4) is 5.88 Å². The maximum absolute atomic E-state index is 5.45. The number of ether oxygens (including phenoxy) is 2. The van der Waals surface area contributed by atoms with E-state index < -0.39 is 0 Å². The monoisotopic (exact) mass is 336 g/mol. The molecule has 0 saturated carbocycles. The number of hydrogen-bond donors (Lipinski definition) is 2. The summed E-state index contributed by atoms with van der Waals surface area (Å²) in [5.41, 5.74) is 1.05. The van der Waals surface area contributed by atoms with Crippen LogP contribution in [0.4, 0.5) is 0 Å². The van der Waals surface area contributed by atoms with Gasteiger partial charge < -0.3 is 20.1 Å². The lowest BCUT2D eigenvalue weighted by Crippen LogP contribution is -2.37. The Morgan fingerprint density at radius 1 is 1.12 bits per heavy atom. The number of methoxy groups -OCH3 is 1. The fraction of sp³-hybridized carbons (Fsp3) is 0.667. The SMILES string of the molecule is CCCCCCNC(=NCc1ccc(OCCOC)nc1)NCC. The van der Waals surface area contributed by atoms with Crippen LogP contribution in [-0.2, 0) is 11.3 Å². The van der Waals surface area contributed by atoms with Crippen LogP contribution in [0.25, 0.3) is 0 Å². The van der Waals surface area contributed by atoms with Crippen molar-refractivity contribution in [2.45, 2.75) is 46.1 Å². The van der Waals surface area contributed by atoms with E-state index in [4.69, 9.17) is 9.47 Å². The van der Waals surface area contributed by atoms with Crippen molar-refractivity contribution < 1.29 is 9.47 Å². The van der Waals surface area contributed by atoms with Gasteiger partial charge in [-0.05, 0) is 18.9 Å². The standard InChI is InChI=1S/C18H32N4O2/c1-4-6-7-8-11-20-18(19-5-2)22-15-16-9-10-17(21-14-16)24-13-12-23-3/h9-10,14H,4-8,11-13,15H2,1-3H3,(H2,19,20,22). The van der Waals surface area contributed by atoms with Crippen LogP contribution in [0.1, 0.15) is 45.1 Å². The van der Waals surface area contributed by atoms with E-state index in [9.17, 15) is 0 Å². The van der Waals surface area contributed by atoms with Crippen LogP contribution in [0.2, 0.25) is 0 Å². The summed E-state index contributed by atoms with van der Waals surface area (Å²) in [6.45, 7) is 7.76. The Labute approximate surface area is 146 Å². The van der Waals surface area contributed by atoms with Crippen LogP contribution in [0.5, 0.6) is 5.88 Å². The average molecular weight is 336 g/mol. The van der Waals surface area contributed by atoms with Crippen molar-refractivity contribution >= 4 is 5.96 Å². The molecule has 2 N–H and O–H groups in total. The molecule has 0 aliphatic heterocycles. The van der Waals surface area contributed by atoms with Gasteiger partial charge in [-0.3, -0.25) is 0 Å². The van der Waals surface area contributed by atoms with Crippen LogP contribution >= 0.6 is 0 Å². The summed E-state index contributed by atoms with van der Waals surface area (Å²) in [7, 11) is 1.65. The maximum atomic E-state index is 5.45. The molecule has 136 valence electrons. The molecule has 0 spiro atoms. The lowest BCUT2D eigenvalue weighted by Gasteiger charge is -2.11. The summed E-state index contributed by atoms with van der Waals surface area (Å²) in [5.74, 6) is 1.47. The molecule has 0 aliphatic carbocycles. The minimum Gasteiger partial charge on any atom is -0.475 e. The highest BCUT2D eigenvalue weighted by Crippen LogP contribution is 2.08. The minimum atomic E-state index is 0.507. The summed E-state index contributed by atoms with van der Waals surface area (Å²) < 4.78 is 10.4. The fourth-order valence-electron chi connectivity index (χ4n) is 2.09. The predicted molar refractivity (Wildman–Crippen MR) is 98.6 cm³/mol. The molecule has 0 unspecified atom stereocenters. The molecule has 6 heteroatoms. The zero-order valence-corrected chi connectivity index (χ0v) is 15.3. The van der Waals surface area contributed by atoms with Crippen LogP contribution < -0.4 is 15.4 Å². The topological polar surface area (TPSA) is 67.8 Å². The van der Waals surface area contributed by atoms with E-state index in [1.165, 1.54) is 25.7 Å². The summed E-state index contributed by atoms with van der Waals surface area (Å²) in [4.78, 5) is 8.88. The summed E-state index contributed by atoms with van der Waals surface area (Å²) in [6, 6.07) is 3.86. The Bertz CT molecular complexity index is 449. The van der Waals surface area contributed by atoms with Gasteiger partial charge in [-0.15, -0.1) is 0 Å². The van der Waals surface area contributed by atoms with Crippen molar-refractivity contribution in [2.24, 2.45) is 4.99 Å². The highest BCUT2D eigenvalue weighted by Gasteiger charge is 1.99. The van der Waals surface area contributed by atoms with Crippen LogP contribution in [0.3, 0.4) is 0 Å². The average Bonchev–Trinajstić information content (AvgIpc) is 2.60. The van der Waals surface area contributed by atoms with Crippen molar-refractivity contribution in [1.82, 2.24) is 15.6 Å². The molecule has 6 nitrogen and oxygen atoms in total. The first kappa shape index (κ1) is 20.2. The summed E-state index contributed by atoms with van der Waals surface area (Å²) in [5, 5.41) is 6.64. The number of nitrogens with zero attached hydrogens (tertiary/aromatic N) is 2. The largest absolute Gasteiger partial charge is 0.475 e. The predicted octanol–water partition coefficient (Wildman–Crippen LogP) is 2.74. The molecule has 1 rings (SSSR count). The second kappa shape index (κ2) is 13.6. The minimum absolute atomic E-state index is 0.507. The molecule has 0 bridgehead atoms. The van der Waals surface area contributed by atoms with Gasteiger partial charge in [-0.1, -0.05) is 32.3 Å². The van der Waals surface area contributed by atoms with Gasteiger partial charge in [-0.2, -0.15) is 0 Å². The summed E-state index contributed by atoms with van der Waals surface area (Å²) >= 11 is 0. The van der Waals surface area contributed by atoms with Crippen molar-refractivity contribution in [2.75, 3.05) is 33.4 Å². The van der Waals surface area contributed by atoms with E-state index in [0.717, 1.165) is 24.6 Å². The van der Waals surface area contributed by atoms with E-state index in [0.29, 0.717) is 25.6 Å². The second-order valence-electron chi connectivity index (χ2n) is 5.53. The Morgan fingerprint density at radius 2 is 2.00 bits per heavy atom. The Morgan fingerprint density at radius 3 is 2.67 bits per heavy atom. The molecule has 1 aromatic rings. The number of unbranched alkanes of at least 4 members (excludes halogenated alkanes) is 3. The van der Waals surface area contributed by atoms with Gasteiger partial charge in [-0.25, -0.2) is 9.98 Å². The van der Waals surface area contributed by atoms with E-state index >= 15 is 0 Å². The highest BCUT2D eigenvalue weighted by atomic mass is 16.5. The lowest BCUT2D eigenvalue weighted by molar-refractivity contribution is 0.143. The van der Waals surface area contributed by atoms with Crippen molar-refractivity contribution in [3.05, 3.63) is 23.9 Å². The Kier molecular flexibility index (Phi) is 11.5. The summed E-state index contributed by atoms with van der Waals surface area (Å²) in [6.07, 6.45) is 6.79. The normalized spacial score (nSPS) is 11.4. The van der Waals surface area contributed by atoms with Gasteiger partial charge >= 0.3 is 0 Å². The molecule has 0 radical (unpaired) electrons. The first-order valence-corrected chi connectivity index (χ1v) is 8.89. The molecular formula is C18H32N4O2. The van der Waals surface area contributed by atoms with Gasteiger partial charge in [0.15, 0.2) is 5.96 Å². The molecule has 1 aromatic heterocycles. The van der Waals surface area contributed by atoms with Crippen LogP contribution in [-0.4, -0.2) is 44.4 Å². The van der Waals surface area contributed by atoms with Gasteiger partial charge in [0.25, 0.3) is 0 Å². The quantitative estimate of drug-likeness (QED) is 0.349. The zero-order chi connectivity index (χ0) is 17.5. The van der Waals surface area contributed by atoms with Crippen LogP contribution in [0.15, 0.2) is 23.3 Å². The first-order valence-electron chi connectivity index (χ1n) is 8.89. The zero-order valence-electron chi connectivity index (χ0n) is 15.3. The number of hydrogen-bond acceptors (Lipinski definition) is 4. The highest BCUT2D eigenvalue weighted by molar-refractivity contribution is 5.79. The number of aliphatic imine (C=N–C) groups is 1. The molecule has 0 aromatic carbocycles. The first-order chi connectivity index (χ1) is 11.8. The van der Waals surface area contributed by atoms with E-state index in [1.807, 2.05) is 12.1 Å². The molecule has 0 aliphatic rings. The second-order valence-corrected chi connectivity index (χ2v) is 5.53. The van der Waals surface area contributed by atoms with E-state index in [1.54, 1.807) is 13.3 Å². The van der Waals surface area contributed by atoms with Gasteiger partial charge in [0.2, 0.25) is 5.88 Å². The van der Waals surface area contributed by atoms with Crippen LogP contribution in [0, 0.1) is 0 Å². The third kappa shape index (κ3) is 9.35. The van der Waals surface area contributed by atoms with Crippen molar-refractivity contribution in [3.63, 3.8) is 0 Å². The van der Waals surface area contributed by atoms with E-state index in [-0.39, 0.29) is 0 Å². The number of nitrogens with one attached hydrogen (secondary N) is 2. The van der Waals surface area contributed by atoms with E-state index in [2.05, 4.69) is 34.5 Å². The molecule has 1 heterocycles. The Balaban J connectivity index is 2.41. The smallest absolute Gasteiger partial charge is 0.213 e. The Hall–Kier alpha value is -1.82. The molecule has 0 amide bonds. The van der Waals surface area contributed by atoms with Crippen molar-refractivity contribution in [1.29, 1.82) is 0 Å². The molecule has 0 atom stereocenters. The fourth-order valence-corrected chi connectivity index (χ4v) is 2.09. The third-order valence-corrected chi connectivity index (χ3v) is 3.42. The molecule has 0 fully saturated rings. The van der Waals surface area contributed by atoms with Gasteiger partial charge in [0.05, 0.1) is 13.2 Å². The lowest BCUT2D eigenvalue weighted by atomic mass is 10.2. The van der Waals surface area contributed by atoms with Gasteiger partial charge in [0, 0.05) is 32.5 Å². The van der Waals surface area contributed by atoms with Gasteiger partial charge in [0.1, 0.15) is 6.61 Å². The molecule has 24 heavy (non-hydrogen) atoms. The maximum Gasteiger partial charge on any atom is 0.213 e. The molecule has 0 saturated heterocycles. The molecular weight excluding hydrogens is 304 g/mol. The number of rotatable bonds is 12.